The summed E-state index contributed by atoms with van der Waals surface area (Å²) in [5.41, 5.74) is 0.843. The van der Waals surface area contributed by atoms with Crippen molar-refractivity contribution in [3.05, 3.63) is 35.4 Å². The Hall–Kier alpha value is -2.25. The Labute approximate surface area is 140 Å². The van der Waals surface area contributed by atoms with Gasteiger partial charge in [-0.05, 0) is 18.6 Å². The van der Waals surface area contributed by atoms with Gasteiger partial charge in [-0.25, -0.2) is 0 Å². The van der Waals surface area contributed by atoms with Crippen molar-refractivity contribution in [1.82, 2.24) is 9.80 Å². The largest absolute Gasteiger partial charge is 0.354 e. The van der Waals surface area contributed by atoms with E-state index in [-0.39, 0.29) is 36.9 Å². The first-order valence-corrected chi connectivity index (χ1v) is 7.87. The lowest BCUT2D eigenvalue weighted by atomic mass is 10.1. The van der Waals surface area contributed by atoms with Crippen LogP contribution >= 0.6 is 0 Å². The van der Waals surface area contributed by atoms with Crippen molar-refractivity contribution >= 4 is 17.7 Å². The van der Waals surface area contributed by atoms with Crippen molar-refractivity contribution in [2.45, 2.75) is 25.2 Å². The van der Waals surface area contributed by atoms with Gasteiger partial charge in [0, 0.05) is 27.2 Å². The Morgan fingerprint density at radius 2 is 1.67 bits per heavy atom. The molecule has 0 radical (unpaired) electrons. The molecule has 1 atom stereocenters. The Morgan fingerprint density at radius 1 is 1.08 bits per heavy atom. The van der Waals surface area contributed by atoms with Crippen LogP contribution in [0.5, 0.6) is 0 Å². The van der Waals surface area contributed by atoms with E-state index in [9.17, 15) is 14.4 Å². The molecule has 0 N–H and O–H groups in total. The van der Waals surface area contributed by atoms with Gasteiger partial charge >= 0.3 is 0 Å². The first-order chi connectivity index (χ1) is 11.6. The normalized spacial score (nSPS) is 20.5. The number of likely N-dealkylation sites (tertiary alicyclic amines) is 1. The molecule has 1 aromatic carbocycles. The quantitative estimate of drug-likeness (QED) is 0.571. The molecule has 3 amide bonds. The number of carbonyl (C=O) groups excluding carboxylic acids is 3. The molecule has 128 valence electrons. The smallest absolute Gasteiger partial charge is 0.261 e. The number of imide groups is 1. The van der Waals surface area contributed by atoms with Gasteiger partial charge in [-0.2, -0.15) is 0 Å². The van der Waals surface area contributed by atoms with E-state index in [2.05, 4.69) is 0 Å². The molecule has 0 bridgehead atoms. The van der Waals surface area contributed by atoms with Crippen molar-refractivity contribution in [1.29, 1.82) is 0 Å². The Bertz CT molecular complexity index is 636. The zero-order chi connectivity index (χ0) is 17.3. The van der Waals surface area contributed by atoms with Gasteiger partial charge in [-0.1, -0.05) is 12.1 Å². The molecule has 1 fully saturated rings. The number of benzene rings is 1. The molecule has 24 heavy (non-hydrogen) atoms. The van der Waals surface area contributed by atoms with Crippen LogP contribution in [-0.4, -0.2) is 67.2 Å². The second-order valence-electron chi connectivity index (χ2n) is 5.91. The summed E-state index contributed by atoms with van der Waals surface area (Å²) in [6.07, 6.45) is 0.470. The van der Waals surface area contributed by atoms with Gasteiger partial charge in [-0.15, -0.1) is 0 Å². The van der Waals surface area contributed by atoms with Crippen LogP contribution in [0.25, 0.3) is 0 Å². The Morgan fingerprint density at radius 3 is 2.21 bits per heavy atom. The summed E-state index contributed by atoms with van der Waals surface area (Å²) in [5, 5.41) is 0. The molecule has 1 aromatic rings. The lowest BCUT2D eigenvalue weighted by Gasteiger charge is -2.30. The molecule has 7 nitrogen and oxygen atoms in total. The zero-order valence-corrected chi connectivity index (χ0v) is 13.7. The number of hydrogen-bond donors (Lipinski definition) is 0. The summed E-state index contributed by atoms with van der Waals surface area (Å²) >= 11 is 0. The lowest BCUT2D eigenvalue weighted by molar-refractivity contribution is -0.144. The highest BCUT2D eigenvalue weighted by atomic mass is 16.7. The van der Waals surface area contributed by atoms with Crippen LogP contribution in [0.15, 0.2) is 24.3 Å². The first kappa shape index (κ1) is 16.6. The lowest BCUT2D eigenvalue weighted by Crippen LogP contribution is -2.47. The summed E-state index contributed by atoms with van der Waals surface area (Å²) in [5.74, 6) is -0.620. The van der Waals surface area contributed by atoms with Gasteiger partial charge in [0.1, 0.15) is 0 Å². The highest BCUT2D eigenvalue weighted by molar-refractivity contribution is 6.21. The van der Waals surface area contributed by atoms with Crippen LogP contribution in [-0.2, 0) is 14.3 Å². The van der Waals surface area contributed by atoms with Gasteiger partial charge in [-0.3, -0.25) is 19.3 Å². The minimum absolute atomic E-state index is 0.0179. The van der Waals surface area contributed by atoms with Gasteiger partial charge in [0.05, 0.1) is 23.7 Å². The van der Waals surface area contributed by atoms with Crippen molar-refractivity contribution in [3.63, 3.8) is 0 Å². The third kappa shape index (κ3) is 2.81. The molecule has 3 rings (SSSR count). The molecule has 1 saturated heterocycles. The molecule has 0 aliphatic carbocycles. The maximum atomic E-state index is 12.5. The second kappa shape index (κ2) is 6.70. The topological polar surface area (TPSA) is 76.2 Å². The van der Waals surface area contributed by atoms with E-state index < -0.39 is 6.29 Å². The summed E-state index contributed by atoms with van der Waals surface area (Å²) in [7, 11) is 3.02. The number of hydrogen-bond acceptors (Lipinski definition) is 5. The minimum Gasteiger partial charge on any atom is -0.354 e. The summed E-state index contributed by atoms with van der Waals surface area (Å²) in [6, 6.07) is 6.56. The van der Waals surface area contributed by atoms with E-state index in [0.717, 1.165) is 0 Å². The minimum atomic E-state index is -0.531. The fourth-order valence-electron chi connectivity index (χ4n) is 3.26. The number of fused-ring (bicyclic) bond motifs is 1. The second-order valence-corrected chi connectivity index (χ2v) is 5.91. The molecule has 2 aliphatic rings. The van der Waals surface area contributed by atoms with Crippen LogP contribution in [0.2, 0.25) is 0 Å². The summed E-state index contributed by atoms with van der Waals surface area (Å²) < 4.78 is 10.3. The molecule has 0 aromatic heterocycles. The van der Waals surface area contributed by atoms with Crippen molar-refractivity contribution in [2.75, 3.05) is 27.3 Å². The van der Waals surface area contributed by atoms with Gasteiger partial charge in [0.2, 0.25) is 5.91 Å². The van der Waals surface area contributed by atoms with Crippen LogP contribution in [0.4, 0.5) is 0 Å². The maximum absolute atomic E-state index is 12.5. The number of rotatable bonds is 6. The molecule has 2 aliphatic heterocycles. The van der Waals surface area contributed by atoms with Crippen LogP contribution in [0.1, 0.15) is 33.6 Å². The van der Waals surface area contributed by atoms with E-state index in [0.29, 0.717) is 24.0 Å². The van der Waals surface area contributed by atoms with E-state index >= 15 is 0 Å². The monoisotopic (exact) mass is 332 g/mol. The maximum Gasteiger partial charge on any atom is 0.261 e. The van der Waals surface area contributed by atoms with E-state index in [1.165, 1.54) is 19.1 Å². The average molecular weight is 332 g/mol. The molecule has 0 unspecified atom stereocenters. The number of carbonyl (C=O) groups is 3. The summed E-state index contributed by atoms with van der Waals surface area (Å²) in [4.78, 5) is 39.9. The predicted molar refractivity (Wildman–Crippen MR) is 84.4 cm³/mol. The Balaban J connectivity index is 1.75. The molecular formula is C17H20N2O5. The number of methoxy groups -OCH3 is 2. The van der Waals surface area contributed by atoms with Crippen LogP contribution < -0.4 is 0 Å². The van der Waals surface area contributed by atoms with Crippen molar-refractivity contribution < 1.29 is 23.9 Å². The van der Waals surface area contributed by atoms with Crippen LogP contribution in [0, 0.1) is 0 Å². The molecule has 0 saturated carbocycles. The number of nitrogens with zero attached hydrogens (tertiary/aromatic N) is 2. The molecular weight excluding hydrogens is 312 g/mol. The number of amides is 3. The van der Waals surface area contributed by atoms with Gasteiger partial charge < -0.3 is 14.4 Å². The summed E-state index contributed by atoms with van der Waals surface area (Å²) in [6.45, 7) is 0.470. The van der Waals surface area contributed by atoms with E-state index in [1.807, 2.05) is 0 Å². The first-order valence-electron chi connectivity index (χ1n) is 7.87. The third-order valence-corrected chi connectivity index (χ3v) is 4.60. The SMILES string of the molecule is COC(CN1C(=O)CC[C@H]1CN1C(=O)c2ccccc2C1=O)OC. The van der Waals surface area contributed by atoms with Crippen molar-refractivity contribution in [3.8, 4) is 0 Å². The van der Waals surface area contributed by atoms with Gasteiger partial charge in [0.25, 0.3) is 11.8 Å². The van der Waals surface area contributed by atoms with Gasteiger partial charge in [0.15, 0.2) is 6.29 Å². The highest BCUT2D eigenvalue weighted by Gasteiger charge is 2.40. The fraction of sp³-hybridized carbons (Fsp3) is 0.471. The highest BCUT2D eigenvalue weighted by Crippen LogP contribution is 2.26. The van der Waals surface area contributed by atoms with Crippen molar-refractivity contribution in [2.24, 2.45) is 0 Å². The fourth-order valence-corrected chi connectivity index (χ4v) is 3.26. The van der Waals surface area contributed by atoms with E-state index in [4.69, 9.17) is 9.47 Å². The molecule has 0 spiro atoms. The Kier molecular flexibility index (Phi) is 4.64. The predicted octanol–water partition coefficient (Wildman–Crippen LogP) is 0.892. The van der Waals surface area contributed by atoms with E-state index in [1.54, 1.807) is 29.2 Å². The molecule has 2 heterocycles. The third-order valence-electron chi connectivity index (χ3n) is 4.60. The zero-order valence-electron chi connectivity index (χ0n) is 13.7. The standard InChI is InChI=1S/C17H20N2O5/c1-23-15(24-2)10-18-11(7-8-14(18)20)9-19-16(21)12-5-3-4-6-13(12)17(19)22/h3-6,11,15H,7-10H2,1-2H3/t11-/m0/s1. The molecule has 7 heteroatoms. The number of ether oxygens (including phenoxy) is 2. The van der Waals surface area contributed by atoms with Crippen LogP contribution in [0.3, 0.4) is 0 Å². The average Bonchev–Trinajstić information content (AvgIpc) is 3.06.